The Morgan fingerprint density at radius 1 is 1.21 bits per heavy atom. The van der Waals surface area contributed by atoms with Gasteiger partial charge in [0.15, 0.2) is 5.82 Å². The van der Waals surface area contributed by atoms with Crippen molar-refractivity contribution >= 4 is 28.7 Å². The molecule has 0 saturated heterocycles. The summed E-state index contributed by atoms with van der Waals surface area (Å²) in [4.78, 5) is 11.2. The lowest BCUT2D eigenvalue weighted by Crippen LogP contribution is -2.19. The van der Waals surface area contributed by atoms with E-state index in [4.69, 9.17) is 18.0 Å². The predicted molar refractivity (Wildman–Crippen MR) is 81.9 cm³/mol. The van der Waals surface area contributed by atoms with Crippen molar-refractivity contribution in [1.29, 1.82) is 0 Å². The van der Waals surface area contributed by atoms with Crippen molar-refractivity contribution in [2.75, 3.05) is 11.9 Å². The number of hydrogen-bond donors (Lipinski definition) is 1. The van der Waals surface area contributed by atoms with Crippen LogP contribution in [0.2, 0.25) is 0 Å². The number of benzene rings is 1. The van der Waals surface area contributed by atoms with Crippen LogP contribution in [0, 0.1) is 13.8 Å². The van der Waals surface area contributed by atoms with E-state index in [-0.39, 0.29) is 0 Å². The first-order chi connectivity index (χ1) is 9.00. The summed E-state index contributed by atoms with van der Waals surface area (Å²) in [7, 11) is 1.93. The SMILES string of the molecule is Cc1ncc(N(C)c2ccccc2C(N)=S)nc1C. The summed E-state index contributed by atoms with van der Waals surface area (Å²) < 4.78 is 0. The van der Waals surface area contributed by atoms with E-state index >= 15 is 0 Å². The second kappa shape index (κ2) is 5.32. The van der Waals surface area contributed by atoms with Crippen molar-refractivity contribution < 1.29 is 0 Å². The van der Waals surface area contributed by atoms with Crippen LogP contribution in [0.4, 0.5) is 11.5 Å². The number of aryl methyl sites for hydroxylation is 2. The van der Waals surface area contributed by atoms with Gasteiger partial charge in [-0.3, -0.25) is 4.98 Å². The highest BCUT2D eigenvalue weighted by Crippen LogP contribution is 2.25. The van der Waals surface area contributed by atoms with Crippen molar-refractivity contribution in [3.05, 3.63) is 47.4 Å². The first-order valence-electron chi connectivity index (χ1n) is 5.93. The monoisotopic (exact) mass is 272 g/mol. The van der Waals surface area contributed by atoms with Gasteiger partial charge in [-0.1, -0.05) is 24.4 Å². The smallest absolute Gasteiger partial charge is 0.151 e. The highest BCUT2D eigenvalue weighted by Gasteiger charge is 2.12. The summed E-state index contributed by atoms with van der Waals surface area (Å²) in [5.41, 5.74) is 9.35. The van der Waals surface area contributed by atoms with Crippen molar-refractivity contribution in [3.8, 4) is 0 Å². The average Bonchev–Trinajstić information content (AvgIpc) is 2.41. The molecule has 0 unspecified atom stereocenters. The lowest BCUT2D eigenvalue weighted by molar-refractivity contribution is 1.01. The topological polar surface area (TPSA) is 55.0 Å². The molecule has 0 bridgehead atoms. The van der Waals surface area contributed by atoms with E-state index in [1.165, 1.54) is 0 Å². The first kappa shape index (κ1) is 13.4. The summed E-state index contributed by atoms with van der Waals surface area (Å²) in [6.07, 6.45) is 1.75. The fraction of sp³-hybridized carbons (Fsp3) is 0.214. The molecule has 98 valence electrons. The zero-order valence-corrected chi connectivity index (χ0v) is 12.0. The highest BCUT2D eigenvalue weighted by atomic mass is 32.1. The molecule has 2 aromatic rings. The molecular formula is C14H16N4S. The van der Waals surface area contributed by atoms with Crippen LogP contribution in [0.25, 0.3) is 0 Å². The Labute approximate surface area is 118 Å². The Hall–Kier alpha value is -2.01. The van der Waals surface area contributed by atoms with Gasteiger partial charge in [-0.15, -0.1) is 0 Å². The summed E-state index contributed by atoms with van der Waals surface area (Å²) >= 11 is 5.08. The zero-order chi connectivity index (χ0) is 14.0. The number of nitrogens with zero attached hydrogens (tertiary/aromatic N) is 3. The maximum atomic E-state index is 5.75. The van der Waals surface area contributed by atoms with Gasteiger partial charge >= 0.3 is 0 Å². The van der Waals surface area contributed by atoms with Crippen LogP contribution in [0.3, 0.4) is 0 Å². The lowest BCUT2D eigenvalue weighted by Gasteiger charge is -2.21. The number of aromatic nitrogens is 2. The maximum absolute atomic E-state index is 5.75. The molecule has 0 saturated carbocycles. The van der Waals surface area contributed by atoms with Crippen LogP contribution in [0.5, 0.6) is 0 Å². The van der Waals surface area contributed by atoms with Gasteiger partial charge in [0, 0.05) is 12.6 Å². The van der Waals surface area contributed by atoms with Gasteiger partial charge in [-0.2, -0.15) is 0 Å². The second-order valence-electron chi connectivity index (χ2n) is 4.34. The van der Waals surface area contributed by atoms with Gasteiger partial charge in [-0.25, -0.2) is 4.98 Å². The van der Waals surface area contributed by atoms with Crippen LogP contribution in [0.15, 0.2) is 30.5 Å². The summed E-state index contributed by atoms with van der Waals surface area (Å²) in [6.45, 7) is 3.88. The summed E-state index contributed by atoms with van der Waals surface area (Å²) in [5.74, 6) is 0.770. The molecule has 4 nitrogen and oxygen atoms in total. The molecule has 1 aromatic heterocycles. The van der Waals surface area contributed by atoms with Crippen molar-refractivity contribution in [3.63, 3.8) is 0 Å². The van der Waals surface area contributed by atoms with E-state index in [2.05, 4.69) is 9.97 Å². The van der Waals surface area contributed by atoms with E-state index < -0.39 is 0 Å². The van der Waals surface area contributed by atoms with E-state index in [9.17, 15) is 0 Å². The molecular weight excluding hydrogens is 256 g/mol. The minimum Gasteiger partial charge on any atom is -0.389 e. The van der Waals surface area contributed by atoms with Crippen molar-refractivity contribution in [2.24, 2.45) is 5.73 Å². The average molecular weight is 272 g/mol. The quantitative estimate of drug-likeness (QED) is 0.870. The fourth-order valence-corrected chi connectivity index (χ4v) is 1.96. The molecule has 0 aliphatic heterocycles. The molecule has 1 heterocycles. The van der Waals surface area contributed by atoms with E-state index in [0.717, 1.165) is 28.5 Å². The summed E-state index contributed by atoms with van der Waals surface area (Å²) in [6, 6.07) is 7.73. The van der Waals surface area contributed by atoms with E-state index in [1.54, 1.807) is 6.20 Å². The summed E-state index contributed by atoms with van der Waals surface area (Å²) in [5, 5.41) is 0. The minimum atomic E-state index is 0.374. The molecule has 0 aliphatic carbocycles. The number of anilines is 2. The maximum Gasteiger partial charge on any atom is 0.151 e. The fourth-order valence-electron chi connectivity index (χ4n) is 1.79. The third kappa shape index (κ3) is 2.71. The highest BCUT2D eigenvalue weighted by molar-refractivity contribution is 7.80. The van der Waals surface area contributed by atoms with Crippen molar-refractivity contribution in [2.45, 2.75) is 13.8 Å². The first-order valence-corrected chi connectivity index (χ1v) is 6.34. The lowest BCUT2D eigenvalue weighted by atomic mass is 10.1. The van der Waals surface area contributed by atoms with Gasteiger partial charge in [0.1, 0.15) is 4.99 Å². The number of thiocarbonyl (C=S) groups is 1. The van der Waals surface area contributed by atoms with Crippen LogP contribution in [0.1, 0.15) is 17.0 Å². The number of hydrogen-bond acceptors (Lipinski definition) is 4. The molecule has 2 N–H and O–H groups in total. The van der Waals surface area contributed by atoms with Crippen LogP contribution < -0.4 is 10.6 Å². The Morgan fingerprint density at radius 3 is 2.53 bits per heavy atom. The Bertz CT molecular complexity index is 625. The van der Waals surface area contributed by atoms with Crippen molar-refractivity contribution in [1.82, 2.24) is 9.97 Å². The molecule has 0 amide bonds. The largest absolute Gasteiger partial charge is 0.389 e. The van der Waals surface area contributed by atoms with Gasteiger partial charge in [0.2, 0.25) is 0 Å². The third-order valence-electron chi connectivity index (χ3n) is 3.05. The van der Waals surface area contributed by atoms with Crippen LogP contribution >= 0.6 is 12.2 Å². The zero-order valence-electron chi connectivity index (χ0n) is 11.2. The molecule has 0 aliphatic rings. The molecule has 2 rings (SSSR count). The Kier molecular flexibility index (Phi) is 3.76. The molecule has 0 fully saturated rings. The molecule has 0 radical (unpaired) electrons. The second-order valence-corrected chi connectivity index (χ2v) is 4.78. The standard InChI is InChI=1S/C14H16N4S/c1-9-10(2)17-13(8-16-9)18(3)12-7-5-4-6-11(12)14(15)19/h4-8H,1-3H3,(H2,15,19). The molecule has 19 heavy (non-hydrogen) atoms. The van der Waals surface area contributed by atoms with Gasteiger partial charge in [0.25, 0.3) is 0 Å². The molecule has 5 heteroatoms. The number of nitrogens with two attached hydrogens (primary N) is 1. The van der Waals surface area contributed by atoms with E-state index in [1.807, 2.05) is 50.1 Å². The van der Waals surface area contributed by atoms with Crippen LogP contribution in [-0.2, 0) is 0 Å². The minimum absolute atomic E-state index is 0.374. The molecule has 0 atom stereocenters. The van der Waals surface area contributed by atoms with Crippen LogP contribution in [-0.4, -0.2) is 22.0 Å². The Balaban J connectivity index is 2.46. The number of para-hydroxylation sites is 1. The Morgan fingerprint density at radius 2 is 1.89 bits per heavy atom. The molecule has 1 aromatic carbocycles. The molecule has 0 spiro atoms. The third-order valence-corrected chi connectivity index (χ3v) is 3.27. The van der Waals surface area contributed by atoms with Gasteiger partial charge < -0.3 is 10.6 Å². The predicted octanol–water partition coefficient (Wildman–Crippen LogP) is 2.50. The van der Waals surface area contributed by atoms with Gasteiger partial charge in [0.05, 0.1) is 23.3 Å². The van der Waals surface area contributed by atoms with Gasteiger partial charge in [-0.05, 0) is 26.0 Å². The number of rotatable bonds is 3. The van der Waals surface area contributed by atoms with E-state index in [0.29, 0.717) is 4.99 Å². The normalized spacial score (nSPS) is 10.3.